The largest absolute Gasteiger partial charge is 0.481 e. The van der Waals surface area contributed by atoms with Crippen molar-refractivity contribution in [3.63, 3.8) is 0 Å². The van der Waals surface area contributed by atoms with Gasteiger partial charge in [0.15, 0.2) is 0 Å². The smallest absolute Gasteiger partial charge is 0.312 e. The topological polar surface area (TPSA) is 98.8 Å². The summed E-state index contributed by atoms with van der Waals surface area (Å²) in [6, 6.07) is 0. The van der Waals surface area contributed by atoms with E-state index in [2.05, 4.69) is 0 Å². The van der Waals surface area contributed by atoms with Gasteiger partial charge in [-0.15, -0.1) is 0 Å². The van der Waals surface area contributed by atoms with Gasteiger partial charge in [-0.25, -0.2) is 0 Å². The van der Waals surface area contributed by atoms with Gasteiger partial charge in [-0.2, -0.15) is 0 Å². The number of aliphatic carboxylic acids is 1. The minimum Gasteiger partial charge on any atom is -0.481 e. The maximum Gasteiger partial charge on any atom is 0.312 e. The van der Waals surface area contributed by atoms with E-state index in [0.717, 1.165) is 0 Å². The van der Waals surface area contributed by atoms with Crippen LogP contribution in [0, 0.1) is 17.3 Å². The van der Waals surface area contributed by atoms with Crippen LogP contribution in [-0.4, -0.2) is 43.4 Å². The molecule has 0 aromatic carbocycles. The second kappa shape index (κ2) is 7.45. The fraction of sp³-hybridized carbons (Fsp3) is 0.846. The van der Waals surface area contributed by atoms with E-state index >= 15 is 0 Å². The van der Waals surface area contributed by atoms with E-state index in [-0.39, 0.29) is 19.1 Å². The van der Waals surface area contributed by atoms with Gasteiger partial charge >= 0.3 is 11.9 Å². The summed E-state index contributed by atoms with van der Waals surface area (Å²) < 4.78 is 10.2. The van der Waals surface area contributed by atoms with Crippen LogP contribution in [0.4, 0.5) is 0 Å². The minimum absolute atomic E-state index is 0.0346. The van der Waals surface area contributed by atoms with Crippen molar-refractivity contribution < 1.29 is 24.2 Å². The molecule has 0 aliphatic rings. The third-order valence-corrected chi connectivity index (χ3v) is 3.18. The zero-order chi connectivity index (χ0) is 15.2. The molecule has 0 rings (SSSR count). The molecule has 0 spiro atoms. The first-order valence-corrected chi connectivity index (χ1v) is 6.33. The van der Waals surface area contributed by atoms with Gasteiger partial charge in [0.2, 0.25) is 0 Å². The van der Waals surface area contributed by atoms with Crippen molar-refractivity contribution in [2.75, 3.05) is 20.3 Å². The highest BCUT2D eigenvalue weighted by Gasteiger charge is 2.48. The molecule has 0 aromatic rings. The van der Waals surface area contributed by atoms with Crippen LogP contribution in [0.15, 0.2) is 0 Å². The summed E-state index contributed by atoms with van der Waals surface area (Å²) in [7, 11) is 1.45. The Bertz CT molecular complexity index is 314. The van der Waals surface area contributed by atoms with Crippen LogP contribution in [0.2, 0.25) is 0 Å². The monoisotopic (exact) mass is 275 g/mol. The van der Waals surface area contributed by atoms with Crippen LogP contribution in [0.25, 0.3) is 0 Å². The number of hydrogen-bond donors (Lipinski definition) is 2. The zero-order valence-corrected chi connectivity index (χ0v) is 12.3. The summed E-state index contributed by atoms with van der Waals surface area (Å²) in [6.45, 7) is 7.10. The standard InChI is InChI=1S/C13H25NO5/c1-8(2)10(18-5)9(11(15)16)13(3,4)12(17)19-7-6-14/h8-10H,6-7,14H2,1-5H3,(H,15,16). The van der Waals surface area contributed by atoms with Crippen LogP contribution >= 0.6 is 0 Å². The number of rotatable bonds is 8. The van der Waals surface area contributed by atoms with E-state index in [0.29, 0.717) is 0 Å². The summed E-state index contributed by atoms with van der Waals surface area (Å²) >= 11 is 0. The van der Waals surface area contributed by atoms with Gasteiger partial charge < -0.3 is 20.3 Å². The molecule has 0 aliphatic heterocycles. The Morgan fingerprint density at radius 1 is 1.32 bits per heavy atom. The van der Waals surface area contributed by atoms with E-state index in [1.807, 2.05) is 13.8 Å². The first-order chi connectivity index (χ1) is 8.69. The lowest BCUT2D eigenvalue weighted by molar-refractivity contribution is -0.173. The molecule has 0 fully saturated rings. The Balaban J connectivity index is 5.25. The van der Waals surface area contributed by atoms with Crippen LogP contribution < -0.4 is 5.73 Å². The van der Waals surface area contributed by atoms with Gasteiger partial charge in [0.1, 0.15) is 6.61 Å². The van der Waals surface area contributed by atoms with Gasteiger partial charge in [0.25, 0.3) is 0 Å². The van der Waals surface area contributed by atoms with E-state index in [1.54, 1.807) is 13.8 Å². The second-order valence-electron chi connectivity index (χ2n) is 5.41. The Morgan fingerprint density at radius 3 is 2.16 bits per heavy atom. The quantitative estimate of drug-likeness (QED) is 0.638. The maximum absolute atomic E-state index is 12.0. The normalized spacial score (nSPS) is 15.1. The van der Waals surface area contributed by atoms with E-state index in [1.165, 1.54) is 7.11 Å². The first kappa shape index (κ1) is 17.9. The van der Waals surface area contributed by atoms with Gasteiger partial charge in [0.05, 0.1) is 17.4 Å². The number of hydrogen-bond acceptors (Lipinski definition) is 5. The molecule has 2 atom stereocenters. The molecule has 6 nitrogen and oxygen atoms in total. The third kappa shape index (κ3) is 4.47. The highest BCUT2D eigenvalue weighted by molar-refractivity contribution is 5.84. The maximum atomic E-state index is 12.0. The molecule has 0 heterocycles. The number of esters is 1. The van der Waals surface area contributed by atoms with E-state index in [4.69, 9.17) is 15.2 Å². The Labute approximate surface area is 114 Å². The average molecular weight is 275 g/mol. The number of nitrogens with two attached hydrogens (primary N) is 1. The van der Waals surface area contributed by atoms with Gasteiger partial charge in [-0.05, 0) is 19.8 Å². The molecule has 0 saturated heterocycles. The van der Waals surface area contributed by atoms with Gasteiger partial charge in [0, 0.05) is 13.7 Å². The fourth-order valence-corrected chi connectivity index (χ4v) is 2.12. The average Bonchev–Trinajstić information content (AvgIpc) is 2.31. The molecule has 0 aromatic heterocycles. The molecule has 112 valence electrons. The minimum atomic E-state index is -1.19. The SMILES string of the molecule is COC(C(C)C)C(C(=O)O)C(C)(C)C(=O)OCCN. The predicted molar refractivity (Wildman–Crippen MR) is 70.6 cm³/mol. The number of carbonyl (C=O) groups is 2. The lowest BCUT2D eigenvalue weighted by Crippen LogP contribution is -2.48. The van der Waals surface area contributed by atoms with Crippen LogP contribution in [-0.2, 0) is 19.1 Å². The third-order valence-electron chi connectivity index (χ3n) is 3.18. The predicted octanol–water partition coefficient (Wildman–Crippen LogP) is 0.886. The zero-order valence-electron chi connectivity index (χ0n) is 12.3. The van der Waals surface area contributed by atoms with Crippen molar-refractivity contribution in [2.24, 2.45) is 23.0 Å². The summed E-state index contributed by atoms with van der Waals surface area (Å²) in [4.78, 5) is 23.5. The molecule has 0 radical (unpaired) electrons. The fourth-order valence-electron chi connectivity index (χ4n) is 2.12. The number of carbonyl (C=O) groups excluding carboxylic acids is 1. The molecular weight excluding hydrogens is 250 g/mol. The van der Waals surface area contributed by atoms with Gasteiger partial charge in [-0.3, -0.25) is 9.59 Å². The number of ether oxygens (including phenoxy) is 2. The summed E-state index contributed by atoms with van der Waals surface area (Å²) in [5.74, 6) is -2.67. The number of methoxy groups -OCH3 is 1. The lowest BCUT2D eigenvalue weighted by Gasteiger charge is -2.35. The second-order valence-corrected chi connectivity index (χ2v) is 5.41. The Morgan fingerprint density at radius 2 is 1.84 bits per heavy atom. The highest BCUT2D eigenvalue weighted by atomic mass is 16.5. The van der Waals surface area contributed by atoms with Crippen molar-refractivity contribution in [1.82, 2.24) is 0 Å². The molecule has 19 heavy (non-hydrogen) atoms. The molecule has 3 N–H and O–H groups in total. The van der Waals surface area contributed by atoms with E-state index in [9.17, 15) is 14.7 Å². The molecule has 0 bridgehead atoms. The van der Waals surface area contributed by atoms with Crippen LogP contribution in [0.1, 0.15) is 27.7 Å². The van der Waals surface area contributed by atoms with Gasteiger partial charge in [-0.1, -0.05) is 13.8 Å². The van der Waals surface area contributed by atoms with Crippen molar-refractivity contribution in [2.45, 2.75) is 33.8 Å². The van der Waals surface area contributed by atoms with E-state index < -0.39 is 29.4 Å². The van der Waals surface area contributed by atoms with Crippen molar-refractivity contribution in [1.29, 1.82) is 0 Å². The molecule has 0 aliphatic carbocycles. The van der Waals surface area contributed by atoms with Crippen LogP contribution in [0.3, 0.4) is 0 Å². The summed E-state index contributed by atoms with van der Waals surface area (Å²) in [6.07, 6.45) is -0.571. The number of carboxylic acid groups (broad SMARTS) is 1. The lowest BCUT2D eigenvalue weighted by atomic mass is 9.73. The van der Waals surface area contributed by atoms with Crippen molar-refractivity contribution in [3.05, 3.63) is 0 Å². The molecular formula is C13H25NO5. The first-order valence-electron chi connectivity index (χ1n) is 6.33. The number of carboxylic acids is 1. The Hall–Kier alpha value is -1.14. The van der Waals surface area contributed by atoms with Crippen molar-refractivity contribution in [3.8, 4) is 0 Å². The molecule has 6 heteroatoms. The van der Waals surface area contributed by atoms with Crippen molar-refractivity contribution >= 4 is 11.9 Å². The summed E-state index contributed by atoms with van der Waals surface area (Å²) in [5, 5.41) is 9.42. The molecule has 0 amide bonds. The Kier molecular flexibility index (Phi) is 7.00. The summed E-state index contributed by atoms with van der Waals surface area (Å²) in [5.41, 5.74) is 4.08. The van der Waals surface area contributed by atoms with Crippen LogP contribution in [0.5, 0.6) is 0 Å². The highest BCUT2D eigenvalue weighted by Crippen LogP contribution is 2.35. The molecule has 0 saturated carbocycles. The molecule has 2 unspecified atom stereocenters.